The van der Waals surface area contributed by atoms with Crippen molar-refractivity contribution in [2.75, 3.05) is 30.4 Å². The number of oxazole rings is 1. The van der Waals surface area contributed by atoms with E-state index in [1.54, 1.807) is 11.1 Å². The van der Waals surface area contributed by atoms with Gasteiger partial charge in [-0.15, -0.1) is 0 Å². The predicted octanol–water partition coefficient (Wildman–Crippen LogP) is 4.74. The topological polar surface area (TPSA) is 106 Å². The molecule has 10 nitrogen and oxygen atoms in total. The summed E-state index contributed by atoms with van der Waals surface area (Å²) >= 11 is 0. The second-order valence-electron chi connectivity index (χ2n) is 10.1. The second-order valence-corrected chi connectivity index (χ2v) is 10.1. The molecule has 10 heteroatoms. The fourth-order valence-electron chi connectivity index (χ4n) is 4.43. The van der Waals surface area contributed by atoms with Crippen LogP contribution in [0.1, 0.15) is 44.9 Å². The second kappa shape index (κ2) is 9.77. The lowest BCUT2D eigenvalue weighted by molar-refractivity contribution is 0.0222. The lowest BCUT2D eigenvalue weighted by Crippen LogP contribution is -2.41. The van der Waals surface area contributed by atoms with Crippen LogP contribution >= 0.6 is 0 Å². The van der Waals surface area contributed by atoms with Gasteiger partial charge in [0, 0.05) is 43.4 Å². The number of nitrogens with zero attached hydrogens (tertiary/aromatic N) is 5. The van der Waals surface area contributed by atoms with E-state index in [1.165, 1.54) is 6.39 Å². The first-order chi connectivity index (χ1) is 17.3. The number of benzene rings is 1. The van der Waals surface area contributed by atoms with Gasteiger partial charge in [0.25, 0.3) is 0 Å². The number of carbonyl (C=O) groups excluding carboxylic acids is 1. The first kappa shape index (κ1) is 24.1. The molecular formula is C26H32N6O4. The van der Waals surface area contributed by atoms with Gasteiger partial charge in [-0.1, -0.05) is 0 Å². The van der Waals surface area contributed by atoms with Gasteiger partial charge in [0.15, 0.2) is 12.2 Å². The van der Waals surface area contributed by atoms with Gasteiger partial charge in [0.1, 0.15) is 17.6 Å². The average molecular weight is 493 g/mol. The van der Waals surface area contributed by atoms with Gasteiger partial charge in [-0.25, -0.2) is 14.8 Å². The van der Waals surface area contributed by atoms with Crippen molar-refractivity contribution in [1.29, 1.82) is 0 Å². The summed E-state index contributed by atoms with van der Waals surface area (Å²) in [4.78, 5) is 30.2. The van der Waals surface area contributed by atoms with Gasteiger partial charge in [-0.05, 0) is 57.9 Å². The minimum Gasteiger partial charge on any atom is -0.444 e. The highest BCUT2D eigenvalue weighted by Crippen LogP contribution is 2.32. The van der Waals surface area contributed by atoms with Crippen LogP contribution in [0.25, 0.3) is 11.3 Å². The number of amides is 1. The van der Waals surface area contributed by atoms with Crippen molar-refractivity contribution >= 4 is 23.5 Å². The minimum absolute atomic E-state index is 0.0602. The maximum atomic E-state index is 12.8. The molecule has 1 N–H and O–H groups in total. The van der Waals surface area contributed by atoms with E-state index in [4.69, 9.17) is 23.9 Å². The lowest BCUT2D eigenvalue weighted by atomic mass is 10.1. The van der Waals surface area contributed by atoms with Crippen molar-refractivity contribution in [3.8, 4) is 11.3 Å². The summed E-state index contributed by atoms with van der Waals surface area (Å²) in [6.07, 6.45) is 5.26. The van der Waals surface area contributed by atoms with Gasteiger partial charge < -0.3 is 29.0 Å². The Bertz CT molecular complexity index is 1200. The van der Waals surface area contributed by atoms with Crippen LogP contribution in [0.15, 0.2) is 41.3 Å². The molecule has 2 aliphatic rings. The predicted molar refractivity (Wildman–Crippen MR) is 135 cm³/mol. The fourth-order valence-corrected chi connectivity index (χ4v) is 4.43. The number of nitrogens with one attached hydrogen (secondary N) is 1. The molecule has 0 radical (unpaired) electrons. The maximum Gasteiger partial charge on any atom is 0.410 e. The molecule has 0 bridgehead atoms. The average Bonchev–Trinajstić information content (AvgIpc) is 3.57. The molecule has 1 amide bonds. The molecule has 0 saturated carbocycles. The molecule has 1 saturated heterocycles. The van der Waals surface area contributed by atoms with Crippen LogP contribution in [0, 0.1) is 0 Å². The van der Waals surface area contributed by atoms with Crippen LogP contribution in [0.3, 0.4) is 0 Å². The summed E-state index contributed by atoms with van der Waals surface area (Å²) in [5.41, 5.74) is 3.09. The first-order valence-corrected chi connectivity index (χ1v) is 12.2. The molecule has 2 aromatic heterocycles. The third-order valence-electron chi connectivity index (χ3n) is 6.22. The highest BCUT2D eigenvalue weighted by Gasteiger charge is 2.32. The molecule has 2 aliphatic heterocycles. The Labute approximate surface area is 210 Å². The van der Waals surface area contributed by atoms with E-state index in [0.717, 1.165) is 47.8 Å². The Morgan fingerprint density at radius 1 is 1.22 bits per heavy atom. The Balaban J connectivity index is 1.42. The molecule has 36 heavy (non-hydrogen) atoms. The third kappa shape index (κ3) is 5.28. The molecule has 5 rings (SSSR count). The SMILES string of the molecule is CN(c1nc(Nc2ccc(-c3cnco3)cc2)nc2c1CN(C(=O)OC(C)(C)C)CC2)[C@H]1CCCO1. The van der Waals surface area contributed by atoms with Crippen molar-refractivity contribution in [3.63, 3.8) is 0 Å². The number of hydrogen-bond donors (Lipinski definition) is 1. The van der Waals surface area contributed by atoms with Crippen LogP contribution in [0.2, 0.25) is 0 Å². The Hall–Kier alpha value is -3.66. The Kier molecular flexibility index (Phi) is 6.53. The van der Waals surface area contributed by atoms with E-state index in [1.807, 2.05) is 52.1 Å². The highest BCUT2D eigenvalue weighted by atomic mass is 16.6. The zero-order chi connectivity index (χ0) is 25.3. The Morgan fingerprint density at radius 3 is 2.69 bits per heavy atom. The summed E-state index contributed by atoms with van der Waals surface area (Å²) in [6.45, 7) is 7.28. The monoisotopic (exact) mass is 492 g/mol. The van der Waals surface area contributed by atoms with E-state index >= 15 is 0 Å². The normalized spacial score (nSPS) is 17.6. The fraction of sp³-hybridized carbons (Fsp3) is 0.462. The molecule has 1 aromatic carbocycles. The molecule has 0 aliphatic carbocycles. The number of fused-ring (bicyclic) bond motifs is 1. The minimum atomic E-state index is -0.554. The van der Waals surface area contributed by atoms with E-state index in [2.05, 4.69) is 15.2 Å². The lowest BCUT2D eigenvalue weighted by Gasteiger charge is -2.34. The van der Waals surface area contributed by atoms with E-state index in [9.17, 15) is 4.79 Å². The van der Waals surface area contributed by atoms with Crippen LogP contribution in [0.4, 0.5) is 22.2 Å². The molecule has 0 unspecified atom stereocenters. The van der Waals surface area contributed by atoms with Crippen LogP contribution in [0.5, 0.6) is 0 Å². The van der Waals surface area contributed by atoms with E-state index in [0.29, 0.717) is 31.2 Å². The number of anilines is 3. The smallest absolute Gasteiger partial charge is 0.410 e. The first-order valence-electron chi connectivity index (χ1n) is 12.2. The maximum absolute atomic E-state index is 12.8. The molecule has 190 valence electrons. The Morgan fingerprint density at radius 2 is 2.03 bits per heavy atom. The van der Waals surface area contributed by atoms with Gasteiger partial charge >= 0.3 is 6.09 Å². The van der Waals surface area contributed by atoms with E-state index in [-0.39, 0.29) is 12.3 Å². The largest absolute Gasteiger partial charge is 0.444 e. The summed E-state index contributed by atoms with van der Waals surface area (Å²) in [6, 6.07) is 7.82. The number of hydrogen-bond acceptors (Lipinski definition) is 9. The summed E-state index contributed by atoms with van der Waals surface area (Å²) in [7, 11) is 1.99. The molecule has 3 aromatic rings. The van der Waals surface area contributed by atoms with Gasteiger partial charge in [0.05, 0.1) is 18.4 Å². The van der Waals surface area contributed by atoms with Crippen LogP contribution < -0.4 is 10.2 Å². The number of carbonyl (C=O) groups is 1. The summed E-state index contributed by atoms with van der Waals surface area (Å²) < 4.78 is 16.9. The van der Waals surface area contributed by atoms with Crippen molar-refractivity contribution < 1.29 is 18.7 Å². The van der Waals surface area contributed by atoms with Gasteiger partial charge in [0.2, 0.25) is 5.95 Å². The molecular weight excluding hydrogens is 460 g/mol. The van der Waals surface area contributed by atoms with Crippen molar-refractivity contribution in [3.05, 3.63) is 48.1 Å². The van der Waals surface area contributed by atoms with Crippen LogP contribution in [-0.2, 0) is 22.4 Å². The molecule has 0 spiro atoms. The number of rotatable bonds is 5. The van der Waals surface area contributed by atoms with E-state index < -0.39 is 5.60 Å². The summed E-state index contributed by atoms with van der Waals surface area (Å²) in [5, 5.41) is 3.34. The van der Waals surface area contributed by atoms with Crippen molar-refractivity contribution in [2.45, 2.75) is 58.4 Å². The zero-order valence-corrected chi connectivity index (χ0v) is 21.2. The van der Waals surface area contributed by atoms with Crippen LogP contribution in [-0.4, -0.2) is 58.0 Å². The van der Waals surface area contributed by atoms with Gasteiger partial charge in [-0.2, -0.15) is 4.98 Å². The quantitative estimate of drug-likeness (QED) is 0.540. The number of ether oxygens (including phenoxy) is 2. The molecule has 4 heterocycles. The molecule has 1 fully saturated rings. The summed E-state index contributed by atoms with van der Waals surface area (Å²) in [5.74, 6) is 1.98. The number of aromatic nitrogens is 3. The van der Waals surface area contributed by atoms with Crippen molar-refractivity contribution in [1.82, 2.24) is 19.9 Å². The van der Waals surface area contributed by atoms with Crippen molar-refractivity contribution in [2.24, 2.45) is 0 Å². The third-order valence-corrected chi connectivity index (χ3v) is 6.22. The highest BCUT2D eigenvalue weighted by molar-refractivity contribution is 5.70. The zero-order valence-electron chi connectivity index (χ0n) is 21.2. The standard InChI is InChI=1S/C26H32N6O4/c1-26(2,3)36-25(33)32-12-11-20-19(15-32)23(31(4)22-6-5-13-34-22)30-24(29-20)28-18-9-7-17(8-10-18)21-14-27-16-35-21/h7-10,14,16,22H,5-6,11-13,15H2,1-4H3,(H,28,29,30)/t22-/m1/s1. The molecule has 1 atom stereocenters. The van der Waals surface area contributed by atoms with Gasteiger partial charge in [-0.3, -0.25) is 0 Å².